The summed E-state index contributed by atoms with van der Waals surface area (Å²) in [4.78, 5) is 0. The molecule has 186 valence electrons. The molecule has 1 aliphatic heterocycles. The van der Waals surface area contributed by atoms with Gasteiger partial charge in [-0.3, -0.25) is 9.67 Å². The van der Waals surface area contributed by atoms with Crippen LogP contribution >= 0.6 is 12.2 Å². The molecule has 0 saturated carbocycles. The number of H-pyrrole nitrogens is 1. The number of benzene rings is 3. The van der Waals surface area contributed by atoms with Crippen LogP contribution in [0.1, 0.15) is 22.9 Å². The molecule has 0 radical (unpaired) electrons. The molecule has 1 fully saturated rings. The van der Waals surface area contributed by atoms with Gasteiger partial charge in [0.2, 0.25) is 0 Å². The molecule has 0 unspecified atom stereocenters. The fourth-order valence-corrected chi connectivity index (χ4v) is 4.49. The van der Waals surface area contributed by atoms with Gasteiger partial charge in [-0.15, -0.1) is 0 Å². The van der Waals surface area contributed by atoms with Crippen LogP contribution in [0.2, 0.25) is 0 Å². The van der Waals surface area contributed by atoms with Crippen molar-refractivity contribution < 1.29 is 18.9 Å². The third-order valence-electron chi connectivity index (χ3n) is 6.10. The lowest BCUT2D eigenvalue weighted by molar-refractivity contribution is -0.0918. The van der Waals surface area contributed by atoms with Crippen LogP contribution in [-0.2, 0) is 38.8 Å². The SMILES string of the molecule is S=c1[nH]ncn1[C@@H]1O[C@H](COCc2ccccc2)[C@@H](OCc2ccccc2)[C@H]1OCc1ccccc1. The molecule has 0 bridgehead atoms. The number of hydrogen-bond donors (Lipinski definition) is 1. The van der Waals surface area contributed by atoms with Crippen molar-refractivity contribution in [2.75, 3.05) is 6.61 Å². The van der Waals surface area contributed by atoms with Crippen molar-refractivity contribution >= 4 is 12.2 Å². The Bertz CT molecular complexity index is 1250. The largest absolute Gasteiger partial charge is 0.374 e. The van der Waals surface area contributed by atoms with Gasteiger partial charge in [0.15, 0.2) is 11.0 Å². The van der Waals surface area contributed by atoms with E-state index in [1.54, 1.807) is 10.9 Å². The second kappa shape index (κ2) is 12.2. The van der Waals surface area contributed by atoms with Crippen molar-refractivity contribution in [2.45, 2.75) is 44.4 Å². The maximum absolute atomic E-state index is 6.49. The van der Waals surface area contributed by atoms with Crippen LogP contribution in [0.15, 0.2) is 97.3 Å². The number of ether oxygens (including phenoxy) is 4. The van der Waals surface area contributed by atoms with Gasteiger partial charge in [0.05, 0.1) is 26.4 Å². The summed E-state index contributed by atoms with van der Waals surface area (Å²) in [6.07, 6.45) is -0.0473. The number of aromatic amines is 1. The summed E-state index contributed by atoms with van der Waals surface area (Å²) in [6, 6.07) is 30.2. The molecule has 3 aromatic carbocycles. The highest BCUT2D eigenvalue weighted by Gasteiger charge is 2.47. The first-order valence-corrected chi connectivity index (χ1v) is 12.4. The van der Waals surface area contributed by atoms with E-state index in [1.165, 1.54) is 0 Å². The van der Waals surface area contributed by atoms with Crippen LogP contribution in [0.5, 0.6) is 0 Å². The van der Waals surface area contributed by atoms with Gasteiger partial charge in [-0.05, 0) is 28.9 Å². The summed E-state index contributed by atoms with van der Waals surface area (Å²) in [5.74, 6) is 0. The van der Waals surface area contributed by atoms with Crippen LogP contribution in [0.25, 0.3) is 0 Å². The van der Waals surface area contributed by atoms with Gasteiger partial charge in [-0.1, -0.05) is 91.0 Å². The first-order chi connectivity index (χ1) is 17.8. The van der Waals surface area contributed by atoms with Crippen molar-refractivity contribution in [2.24, 2.45) is 0 Å². The highest BCUT2D eigenvalue weighted by molar-refractivity contribution is 7.71. The molecule has 1 saturated heterocycles. The molecule has 4 atom stereocenters. The topological polar surface area (TPSA) is 70.5 Å². The van der Waals surface area contributed by atoms with E-state index < -0.39 is 12.3 Å². The molecule has 0 aliphatic carbocycles. The predicted molar refractivity (Wildman–Crippen MR) is 137 cm³/mol. The van der Waals surface area contributed by atoms with Crippen LogP contribution in [0.3, 0.4) is 0 Å². The van der Waals surface area contributed by atoms with Gasteiger partial charge in [0, 0.05) is 0 Å². The summed E-state index contributed by atoms with van der Waals surface area (Å²) >= 11 is 5.46. The first-order valence-electron chi connectivity index (χ1n) is 12.0. The number of hydrogen-bond acceptors (Lipinski definition) is 6. The Morgan fingerprint density at radius 2 is 1.28 bits per heavy atom. The number of aromatic nitrogens is 3. The third kappa shape index (κ3) is 6.16. The highest BCUT2D eigenvalue weighted by Crippen LogP contribution is 2.35. The van der Waals surface area contributed by atoms with Gasteiger partial charge >= 0.3 is 0 Å². The number of nitrogens with zero attached hydrogens (tertiary/aromatic N) is 2. The molecule has 7 nitrogen and oxygen atoms in total. The standard InChI is InChI=1S/C28H29N3O4S/c36-28-30-29-20-31(28)27-26(34-18-23-14-8-3-9-15-23)25(33-17-22-12-6-2-7-13-22)24(35-27)19-32-16-21-10-4-1-5-11-21/h1-15,20,24-27H,16-19H2,(H,30,36)/t24-,25-,26-,27-/m1/s1. The predicted octanol–water partition coefficient (Wildman–Crippen LogP) is 5.23. The van der Waals surface area contributed by atoms with Gasteiger partial charge in [-0.25, -0.2) is 0 Å². The van der Waals surface area contributed by atoms with Crippen LogP contribution in [-0.4, -0.2) is 39.7 Å². The summed E-state index contributed by atoms with van der Waals surface area (Å²) in [5.41, 5.74) is 3.24. The van der Waals surface area contributed by atoms with Gasteiger partial charge in [0.1, 0.15) is 24.6 Å². The van der Waals surface area contributed by atoms with Crippen LogP contribution in [0.4, 0.5) is 0 Å². The molecule has 5 rings (SSSR count). The van der Waals surface area contributed by atoms with Crippen LogP contribution < -0.4 is 0 Å². The molecule has 2 heterocycles. The van der Waals surface area contributed by atoms with Gasteiger partial charge < -0.3 is 18.9 Å². The lowest BCUT2D eigenvalue weighted by Gasteiger charge is -2.25. The van der Waals surface area contributed by atoms with E-state index in [0.29, 0.717) is 31.2 Å². The van der Waals surface area contributed by atoms with Crippen molar-refractivity contribution in [3.05, 3.63) is 119 Å². The van der Waals surface area contributed by atoms with Gasteiger partial charge in [-0.2, -0.15) is 5.10 Å². The molecule has 1 N–H and O–H groups in total. The average molecular weight is 504 g/mol. The lowest BCUT2D eigenvalue weighted by Crippen LogP contribution is -2.38. The summed E-state index contributed by atoms with van der Waals surface area (Å²) < 4.78 is 27.7. The molecule has 4 aromatic rings. The molecular formula is C28H29N3O4S. The minimum Gasteiger partial charge on any atom is -0.374 e. The Morgan fingerprint density at radius 1 is 0.750 bits per heavy atom. The normalized spacial score (nSPS) is 21.6. The molecular weight excluding hydrogens is 474 g/mol. The number of rotatable bonds is 11. The van der Waals surface area contributed by atoms with E-state index in [1.807, 2.05) is 91.0 Å². The maximum Gasteiger partial charge on any atom is 0.197 e. The average Bonchev–Trinajstić information content (AvgIpc) is 3.50. The van der Waals surface area contributed by atoms with Crippen LogP contribution in [0, 0.1) is 4.77 Å². The zero-order chi connectivity index (χ0) is 24.6. The summed E-state index contributed by atoms with van der Waals surface area (Å²) in [5, 5.41) is 6.90. The Labute approximate surface area is 215 Å². The molecule has 0 spiro atoms. The Morgan fingerprint density at radius 3 is 1.81 bits per heavy atom. The molecule has 8 heteroatoms. The van der Waals surface area contributed by atoms with Gasteiger partial charge in [0.25, 0.3) is 0 Å². The van der Waals surface area contributed by atoms with Crippen molar-refractivity contribution in [1.29, 1.82) is 0 Å². The quantitative estimate of drug-likeness (QED) is 0.283. The molecule has 1 aromatic heterocycles. The van der Waals surface area contributed by atoms with E-state index in [2.05, 4.69) is 10.2 Å². The fourth-order valence-electron chi connectivity index (χ4n) is 4.28. The van der Waals surface area contributed by atoms with E-state index in [-0.39, 0.29) is 12.2 Å². The third-order valence-corrected chi connectivity index (χ3v) is 6.40. The Kier molecular flexibility index (Phi) is 8.32. The van der Waals surface area contributed by atoms with E-state index in [0.717, 1.165) is 16.7 Å². The van der Waals surface area contributed by atoms with E-state index >= 15 is 0 Å². The summed E-state index contributed by atoms with van der Waals surface area (Å²) in [6.45, 7) is 1.68. The zero-order valence-electron chi connectivity index (χ0n) is 19.8. The smallest absolute Gasteiger partial charge is 0.197 e. The minimum atomic E-state index is -0.508. The first kappa shape index (κ1) is 24.5. The summed E-state index contributed by atoms with van der Waals surface area (Å²) in [7, 11) is 0. The van der Waals surface area contributed by atoms with E-state index in [9.17, 15) is 0 Å². The fraction of sp³-hybridized carbons (Fsp3) is 0.286. The monoisotopic (exact) mass is 503 g/mol. The zero-order valence-corrected chi connectivity index (χ0v) is 20.6. The lowest BCUT2D eigenvalue weighted by atomic mass is 10.1. The minimum absolute atomic E-state index is 0.348. The number of nitrogens with one attached hydrogen (secondary N) is 1. The molecule has 0 amide bonds. The molecule has 36 heavy (non-hydrogen) atoms. The van der Waals surface area contributed by atoms with Crippen molar-refractivity contribution in [3.8, 4) is 0 Å². The Balaban J connectivity index is 1.36. The van der Waals surface area contributed by atoms with E-state index in [4.69, 9.17) is 31.2 Å². The van der Waals surface area contributed by atoms with Crippen molar-refractivity contribution in [3.63, 3.8) is 0 Å². The second-order valence-corrected chi connectivity index (χ2v) is 9.04. The van der Waals surface area contributed by atoms with Crippen molar-refractivity contribution in [1.82, 2.24) is 14.8 Å². The second-order valence-electron chi connectivity index (χ2n) is 8.66. The molecule has 1 aliphatic rings. The maximum atomic E-state index is 6.49. The Hall–Kier alpha value is -3.14. The highest BCUT2D eigenvalue weighted by atomic mass is 32.1.